The fourth-order valence-corrected chi connectivity index (χ4v) is 4.11. The van der Waals surface area contributed by atoms with Gasteiger partial charge < -0.3 is 15.2 Å². The first-order chi connectivity index (χ1) is 9.95. The SMILES string of the molecule is CCOC(=O)c1c(N)sc2c1C(C)(C(=O)OCC)CCC2. The van der Waals surface area contributed by atoms with Gasteiger partial charge in [-0.1, -0.05) is 0 Å². The average Bonchev–Trinajstić information content (AvgIpc) is 2.77. The van der Waals surface area contributed by atoms with Crippen molar-refractivity contribution in [3.63, 3.8) is 0 Å². The number of nitrogens with two attached hydrogens (primary N) is 1. The molecule has 0 aliphatic heterocycles. The third-order valence-electron chi connectivity index (χ3n) is 3.85. The largest absolute Gasteiger partial charge is 0.465 e. The van der Waals surface area contributed by atoms with Crippen LogP contribution >= 0.6 is 11.3 Å². The van der Waals surface area contributed by atoms with E-state index in [-0.39, 0.29) is 12.6 Å². The Morgan fingerprint density at radius 1 is 1.29 bits per heavy atom. The maximum absolute atomic E-state index is 12.4. The molecule has 0 bridgehead atoms. The molecule has 1 atom stereocenters. The lowest BCUT2D eigenvalue weighted by Gasteiger charge is -2.32. The van der Waals surface area contributed by atoms with Crippen LogP contribution in [0.3, 0.4) is 0 Å². The van der Waals surface area contributed by atoms with Gasteiger partial charge in [0.25, 0.3) is 0 Å². The Labute approximate surface area is 128 Å². The summed E-state index contributed by atoms with van der Waals surface area (Å²) in [5, 5.41) is 0.427. The highest BCUT2D eigenvalue weighted by Crippen LogP contribution is 2.46. The van der Waals surface area contributed by atoms with E-state index in [1.54, 1.807) is 13.8 Å². The number of nitrogen functional groups attached to an aromatic ring is 1. The highest BCUT2D eigenvalue weighted by atomic mass is 32.1. The molecule has 0 aromatic carbocycles. The van der Waals surface area contributed by atoms with Crippen molar-refractivity contribution in [1.82, 2.24) is 0 Å². The summed E-state index contributed by atoms with van der Waals surface area (Å²) in [5.41, 5.74) is 6.26. The van der Waals surface area contributed by atoms with Crippen LogP contribution < -0.4 is 5.73 Å². The van der Waals surface area contributed by atoms with Crippen LogP contribution in [-0.2, 0) is 26.1 Å². The Morgan fingerprint density at radius 3 is 2.57 bits per heavy atom. The highest BCUT2D eigenvalue weighted by molar-refractivity contribution is 7.16. The predicted octanol–water partition coefficient (Wildman–Crippen LogP) is 2.66. The zero-order chi connectivity index (χ0) is 15.6. The quantitative estimate of drug-likeness (QED) is 0.865. The maximum Gasteiger partial charge on any atom is 0.341 e. The number of hydrogen-bond acceptors (Lipinski definition) is 6. The third kappa shape index (κ3) is 2.64. The van der Waals surface area contributed by atoms with Crippen molar-refractivity contribution in [1.29, 1.82) is 0 Å². The van der Waals surface area contributed by atoms with Crippen LogP contribution in [0.15, 0.2) is 0 Å². The fraction of sp³-hybridized carbons (Fsp3) is 0.600. The molecular weight excluding hydrogens is 290 g/mol. The number of rotatable bonds is 4. The number of fused-ring (bicyclic) bond motifs is 1. The van der Waals surface area contributed by atoms with Crippen LogP contribution in [0, 0.1) is 0 Å². The summed E-state index contributed by atoms with van der Waals surface area (Å²) in [7, 11) is 0. The van der Waals surface area contributed by atoms with Crippen molar-refractivity contribution in [2.75, 3.05) is 18.9 Å². The number of esters is 2. The Balaban J connectivity index is 2.55. The molecule has 1 aromatic heterocycles. The number of anilines is 1. The van der Waals surface area contributed by atoms with E-state index in [0.717, 1.165) is 17.7 Å². The molecule has 2 N–H and O–H groups in total. The molecule has 1 aromatic rings. The number of carbonyl (C=O) groups excluding carboxylic acids is 2. The van der Waals surface area contributed by atoms with Gasteiger partial charge in [0, 0.05) is 4.88 Å². The second kappa shape index (κ2) is 6.05. The number of carbonyl (C=O) groups is 2. The summed E-state index contributed by atoms with van der Waals surface area (Å²) >= 11 is 1.38. The lowest BCUT2D eigenvalue weighted by atomic mass is 9.72. The number of ether oxygens (including phenoxy) is 2. The van der Waals surface area contributed by atoms with Gasteiger partial charge in [-0.25, -0.2) is 4.79 Å². The molecule has 21 heavy (non-hydrogen) atoms. The van der Waals surface area contributed by atoms with Gasteiger partial charge in [0.2, 0.25) is 0 Å². The smallest absolute Gasteiger partial charge is 0.341 e. The van der Waals surface area contributed by atoms with Crippen molar-refractivity contribution in [3.8, 4) is 0 Å². The van der Waals surface area contributed by atoms with Gasteiger partial charge in [-0.2, -0.15) is 0 Å². The van der Waals surface area contributed by atoms with E-state index in [9.17, 15) is 9.59 Å². The van der Waals surface area contributed by atoms with Gasteiger partial charge in [0.05, 0.1) is 24.2 Å². The molecule has 0 saturated carbocycles. The van der Waals surface area contributed by atoms with Crippen LogP contribution in [0.2, 0.25) is 0 Å². The molecule has 116 valence electrons. The van der Waals surface area contributed by atoms with Gasteiger partial charge in [0.1, 0.15) is 5.00 Å². The summed E-state index contributed by atoms with van der Waals surface area (Å²) in [6.07, 6.45) is 2.37. The van der Waals surface area contributed by atoms with E-state index >= 15 is 0 Å². The zero-order valence-electron chi connectivity index (χ0n) is 12.7. The van der Waals surface area contributed by atoms with Gasteiger partial charge in [0.15, 0.2) is 0 Å². The molecule has 0 spiro atoms. The van der Waals surface area contributed by atoms with Crippen LogP contribution in [-0.4, -0.2) is 25.2 Å². The fourth-order valence-electron chi connectivity index (χ4n) is 2.88. The summed E-state index contributed by atoms with van der Waals surface area (Å²) in [5.74, 6) is -0.751. The molecule has 2 rings (SSSR count). The number of hydrogen-bond donors (Lipinski definition) is 1. The molecule has 1 aliphatic rings. The summed E-state index contributed by atoms with van der Waals surface area (Å²) < 4.78 is 10.3. The number of thiophene rings is 1. The van der Waals surface area contributed by atoms with E-state index in [4.69, 9.17) is 15.2 Å². The highest BCUT2D eigenvalue weighted by Gasteiger charge is 2.45. The predicted molar refractivity (Wildman–Crippen MR) is 81.6 cm³/mol. The minimum Gasteiger partial charge on any atom is -0.465 e. The van der Waals surface area contributed by atoms with E-state index in [0.29, 0.717) is 29.2 Å². The Kier molecular flexibility index (Phi) is 4.56. The first kappa shape index (κ1) is 15.8. The van der Waals surface area contributed by atoms with Gasteiger partial charge in [-0.15, -0.1) is 11.3 Å². The van der Waals surface area contributed by atoms with E-state index < -0.39 is 11.4 Å². The Morgan fingerprint density at radius 2 is 1.95 bits per heavy atom. The minimum atomic E-state index is -0.820. The zero-order valence-corrected chi connectivity index (χ0v) is 13.5. The van der Waals surface area contributed by atoms with Crippen LogP contribution in [0.4, 0.5) is 5.00 Å². The average molecular weight is 311 g/mol. The van der Waals surface area contributed by atoms with Crippen molar-refractivity contribution < 1.29 is 19.1 Å². The van der Waals surface area contributed by atoms with Crippen molar-refractivity contribution in [2.24, 2.45) is 0 Å². The standard InChI is InChI=1S/C15H21NO4S/c1-4-19-13(17)10-11-9(21-12(10)16)7-6-8-15(11,3)14(18)20-5-2/h4-8,16H2,1-3H3. The van der Waals surface area contributed by atoms with Crippen molar-refractivity contribution in [2.45, 2.75) is 45.4 Å². The first-order valence-electron chi connectivity index (χ1n) is 7.21. The first-order valence-corrected chi connectivity index (χ1v) is 8.03. The third-order valence-corrected chi connectivity index (χ3v) is 4.92. The monoisotopic (exact) mass is 311 g/mol. The van der Waals surface area contributed by atoms with E-state index in [1.165, 1.54) is 11.3 Å². The van der Waals surface area contributed by atoms with Crippen molar-refractivity contribution >= 4 is 28.3 Å². The summed E-state index contributed by atoms with van der Waals surface area (Å²) in [6, 6.07) is 0. The normalized spacial score (nSPS) is 20.7. The van der Waals surface area contributed by atoms with Gasteiger partial charge in [-0.05, 0) is 45.6 Å². The Bertz CT molecular complexity index is 566. The molecule has 1 heterocycles. The van der Waals surface area contributed by atoms with Gasteiger partial charge in [-0.3, -0.25) is 4.79 Å². The minimum absolute atomic E-state index is 0.277. The Hall–Kier alpha value is -1.56. The number of aryl methyl sites for hydroxylation is 1. The molecule has 6 heteroatoms. The summed E-state index contributed by atoms with van der Waals surface area (Å²) in [6.45, 7) is 5.95. The molecule has 1 unspecified atom stereocenters. The van der Waals surface area contributed by atoms with E-state index in [2.05, 4.69) is 0 Å². The molecule has 0 saturated heterocycles. The van der Waals surface area contributed by atoms with Crippen LogP contribution in [0.25, 0.3) is 0 Å². The lowest BCUT2D eigenvalue weighted by molar-refractivity contribution is -0.150. The lowest BCUT2D eigenvalue weighted by Crippen LogP contribution is -2.38. The second-order valence-corrected chi connectivity index (χ2v) is 6.40. The van der Waals surface area contributed by atoms with Gasteiger partial charge >= 0.3 is 11.9 Å². The second-order valence-electron chi connectivity index (χ2n) is 5.27. The molecule has 0 fully saturated rings. The topological polar surface area (TPSA) is 78.6 Å². The molecular formula is C15H21NO4S. The van der Waals surface area contributed by atoms with Crippen molar-refractivity contribution in [3.05, 3.63) is 16.0 Å². The van der Waals surface area contributed by atoms with Crippen LogP contribution in [0.1, 0.15) is 54.4 Å². The maximum atomic E-state index is 12.4. The molecule has 1 aliphatic carbocycles. The molecule has 5 nitrogen and oxygen atoms in total. The van der Waals surface area contributed by atoms with E-state index in [1.807, 2.05) is 6.92 Å². The summed E-state index contributed by atoms with van der Waals surface area (Å²) in [4.78, 5) is 25.6. The molecule has 0 radical (unpaired) electrons. The molecule has 0 amide bonds. The van der Waals surface area contributed by atoms with Crippen LogP contribution in [0.5, 0.6) is 0 Å².